The van der Waals surface area contributed by atoms with Gasteiger partial charge >= 0.3 is 0 Å². The summed E-state index contributed by atoms with van der Waals surface area (Å²) in [6, 6.07) is 0. The van der Waals surface area contributed by atoms with Crippen LogP contribution < -0.4 is 5.32 Å². The molecule has 3 nitrogen and oxygen atoms in total. The van der Waals surface area contributed by atoms with Crippen LogP contribution in [0.4, 0.5) is 0 Å². The molecule has 0 unspecified atom stereocenters. The van der Waals surface area contributed by atoms with E-state index < -0.39 is 0 Å². The number of imidazole rings is 1. The number of nitrogens with zero attached hydrogens (tertiary/aromatic N) is 2. The maximum absolute atomic E-state index is 4.62. The number of hydrogen-bond donors (Lipinski definition) is 1. The van der Waals surface area contributed by atoms with E-state index in [-0.39, 0.29) is 0 Å². The Morgan fingerprint density at radius 1 is 1.69 bits per heavy atom. The summed E-state index contributed by atoms with van der Waals surface area (Å²) in [6.07, 6.45) is 3.38. The monoisotopic (exact) mass is 179 g/mol. The van der Waals surface area contributed by atoms with Gasteiger partial charge in [-0.15, -0.1) is 0 Å². The highest BCUT2D eigenvalue weighted by molar-refractivity contribution is 5.09. The topological polar surface area (TPSA) is 29.9 Å². The van der Waals surface area contributed by atoms with Crippen molar-refractivity contribution in [1.82, 2.24) is 14.9 Å². The van der Waals surface area contributed by atoms with Crippen molar-refractivity contribution < 1.29 is 0 Å². The van der Waals surface area contributed by atoms with Crippen molar-refractivity contribution in [2.75, 3.05) is 6.54 Å². The first kappa shape index (κ1) is 8.75. The first-order valence-corrected chi connectivity index (χ1v) is 5.08. The van der Waals surface area contributed by atoms with Crippen molar-refractivity contribution >= 4 is 0 Å². The van der Waals surface area contributed by atoms with Crippen LogP contribution in [0.25, 0.3) is 0 Å². The molecule has 13 heavy (non-hydrogen) atoms. The average Bonchev–Trinajstić information content (AvgIpc) is 2.59. The minimum atomic E-state index is 0.595. The van der Waals surface area contributed by atoms with Crippen molar-refractivity contribution in [2.45, 2.75) is 39.3 Å². The third-order valence-corrected chi connectivity index (χ3v) is 2.81. The first-order valence-electron chi connectivity index (χ1n) is 5.08. The Morgan fingerprint density at radius 3 is 3.23 bits per heavy atom. The van der Waals surface area contributed by atoms with Crippen molar-refractivity contribution in [1.29, 1.82) is 0 Å². The van der Waals surface area contributed by atoms with E-state index in [2.05, 4.69) is 34.9 Å². The Morgan fingerprint density at radius 2 is 2.54 bits per heavy atom. The molecule has 0 fully saturated rings. The van der Waals surface area contributed by atoms with E-state index in [0.717, 1.165) is 19.6 Å². The lowest BCUT2D eigenvalue weighted by atomic mass is 10.1. The highest BCUT2D eigenvalue weighted by atomic mass is 15.1. The van der Waals surface area contributed by atoms with E-state index >= 15 is 0 Å². The minimum absolute atomic E-state index is 0.595. The summed E-state index contributed by atoms with van der Waals surface area (Å²) in [5.74, 6) is 1.79. The molecule has 0 bridgehead atoms. The van der Waals surface area contributed by atoms with E-state index in [9.17, 15) is 0 Å². The Bertz CT molecular complexity index is 267. The predicted octanol–water partition coefficient (Wildman–Crippen LogP) is 1.50. The maximum Gasteiger partial charge on any atom is 0.123 e. The molecule has 0 radical (unpaired) electrons. The molecule has 1 atom stereocenters. The van der Waals surface area contributed by atoms with Gasteiger partial charge in [-0.25, -0.2) is 4.98 Å². The van der Waals surface area contributed by atoms with E-state index in [1.165, 1.54) is 17.9 Å². The molecular weight excluding hydrogens is 162 g/mol. The van der Waals surface area contributed by atoms with Crippen molar-refractivity contribution in [2.24, 2.45) is 0 Å². The van der Waals surface area contributed by atoms with Gasteiger partial charge in [0.15, 0.2) is 0 Å². The second kappa shape index (κ2) is 3.50. The van der Waals surface area contributed by atoms with E-state index in [1.807, 2.05) is 0 Å². The van der Waals surface area contributed by atoms with Crippen LogP contribution in [0.1, 0.15) is 37.7 Å². The molecule has 0 saturated heterocycles. The van der Waals surface area contributed by atoms with Gasteiger partial charge in [0, 0.05) is 19.3 Å². The molecule has 1 N–H and O–H groups in total. The largest absolute Gasteiger partial charge is 0.332 e. The van der Waals surface area contributed by atoms with Gasteiger partial charge in [0.25, 0.3) is 0 Å². The first-order chi connectivity index (χ1) is 6.31. The number of fused-ring (bicyclic) bond motifs is 1. The lowest BCUT2D eigenvalue weighted by Gasteiger charge is -2.13. The molecule has 1 aliphatic rings. The van der Waals surface area contributed by atoms with Gasteiger partial charge in [-0.05, 0) is 12.3 Å². The SMILES string of the molecule is CC[C@@H](C)c1cn2c(n1)CNCC2. The predicted molar refractivity (Wildman–Crippen MR) is 52.6 cm³/mol. The highest BCUT2D eigenvalue weighted by Crippen LogP contribution is 2.18. The minimum Gasteiger partial charge on any atom is -0.332 e. The van der Waals surface area contributed by atoms with Crippen LogP contribution in [0.15, 0.2) is 6.20 Å². The second-order valence-corrected chi connectivity index (χ2v) is 3.76. The zero-order valence-electron chi connectivity index (χ0n) is 8.38. The van der Waals surface area contributed by atoms with Crippen LogP contribution in [-0.4, -0.2) is 16.1 Å². The fraction of sp³-hybridized carbons (Fsp3) is 0.700. The number of aromatic nitrogens is 2. The highest BCUT2D eigenvalue weighted by Gasteiger charge is 2.14. The van der Waals surface area contributed by atoms with Gasteiger partial charge in [-0.1, -0.05) is 13.8 Å². The van der Waals surface area contributed by atoms with Crippen LogP contribution in [0.2, 0.25) is 0 Å². The van der Waals surface area contributed by atoms with E-state index in [1.54, 1.807) is 0 Å². The van der Waals surface area contributed by atoms with Crippen LogP contribution >= 0.6 is 0 Å². The summed E-state index contributed by atoms with van der Waals surface area (Å²) in [4.78, 5) is 4.62. The zero-order chi connectivity index (χ0) is 9.26. The molecule has 2 heterocycles. The molecule has 1 aromatic heterocycles. The standard InChI is InChI=1S/C10H17N3/c1-3-8(2)9-7-13-5-4-11-6-10(13)12-9/h7-8,11H,3-6H2,1-2H3/t8-/m1/s1. The molecular formula is C10H17N3. The third kappa shape index (κ3) is 1.61. The zero-order valence-corrected chi connectivity index (χ0v) is 8.38. The van der Waals surface area contributed by atoms with Gasteiger partial charge in [-0.3, -0.25) is 0 Å². The second-order valence-electron chi connectivity index (χ2n) is 3.76. The van der Waals surface area contributed by atoms with E-state index in [0.29, 0.717) is 5.92 Å². The summed E-state index contributed by atoms with van der Waals surface area (Å²) in [5, 5.41) is 3.33. The Hall–Kier alpha value is -0.830. The van der Waals surface area contributed by atoms with Gasteiger partial charge in [0.05, 0.1) is 12.2 Å². The molecule has 0 aromatic carbocycles. The van der Waals surface area contributed by atoms with Crippen LogP contribution in [0.3, 0.4) is 0 Å². The molecule has 2 rings (SSSR count). The van der Waals surface area contributed by atoms with Gasteiger partial charge in [0.1, 0.15) is 5.82 Å². The van der Waals surface area contributed by atoms with Crippen molar-refractivity contribution in [3.05, 3.63) is 17.7 Å². The Balaban J connectivity index is 2.25. The van der Waals surface area contributed by atoms with Crippen LogP contribution in [-0.2, 0) is 13.1 Å². The summed E-state index contributed by atoms with van der Waals surface area (Å²) in [5.41, 5.74) is 1.25. The Labute approximate surface area is 79.2 Å². The molecule has 3 heteroatoms. The summed E-state index contributed by atoms with van der Waals surface area (Å²) in [7, 11) is 0. The summed E-state index contributed by atoms with van der Waals surface area (Å²) >= 11 is 0. The fourth-order valence-electron chi connectivity index (χ4n) is 1.66. The molecule has 0 saturated carbocycles. The van der Waals surface area contributed by atoms with Crippen LogP contribution in [0, 0.1) is 0 Å². The smallest absolute Gasteiger partial charge is 0.123 e. The fourth-order valence-corrected chi connectivity index (χ4v) is 1.66. The summed E-state index contributed by atoms with van der Waals surface area (Å²) in [6.45, 7) is 7.52. The summed E-state index contributed by atoms with van der Waals surface area (Å²) < 4.78 is 2.28. The lowest BCUT2D eigenvalue weighted by Crippen LogP contribution is -2.27. The quantitative estimate of drug-likeness (QED) is 0.745. The maximum atomic E-state index is 4.62. The molecule has 1 aromatic rings. The van der Waals surface area contributed by atoms with Gasteiger partial charge < -0.3 is 9.88 Å². The van der Waals surface area contributed by atoms with Gasteiger partial charge in [0.2, 0.25) is 0 Å². The number of hydrogen-bond acceptors (Lipinski definition) is 2. The number of rotatable bonds is 2. The van der Waals surface area contributed by atoms with Crippen molar-refractivity contribution in [3.8, 4) is 0 Å². The van der Waals surface area contributed by atoms with Crippen LogP contribution in [0.5, 0.6) is 0 Å². The molecule has 0 aliphatic carbocycles. The third-order valence-electron chi connectivity index (χ3n) is 2.81. The molecule has 72 valence electrons. The van der Waals surface area contributed by atoms with E-state index in [4.69, 9.17) is 0 Å². The van der Waals surface area contributed by atoms with Gasteiger partial charge in [-0.2, -0.15) is 0 Å². The molecule has 0 amide bonds. The number of nitrogens with one attached hydrogen (secondary N) is 1. The molecule has 1 aliphatic heterocycles. The Kier molecular flexibility index (Phi) is 2.36. The lowest BCUT2D eigenvalue weighted by molar-refractivity contribution is 0.505. The normalized spacial score (nSPS) is 18.3. The molecule has 0 spiro atoms. The average molecular weight is 179 g/mol. The van der Waals surface area contributed by atoms with Crippen molar-refractivity contribution in [3.63, 3.8) is 0 Å².